The smallest absolute Gasteiger partial charge is 0.244 e. The van der Waals surface area contributed by atoms with Gasteiger partial charge in [0, 0.05) is 17.3 Å². The van der Waals surface area contributed by atoms with Gasteiger partial charge in [-0.05, 0) is 24.3 Å². The summed E-state index contributed by atoms with van der Waals surface area (Å²) < 4.78 is 26.0. The van der Waals surface area contributed by atoms with Gasteiger partial charge in [-0.25, -0.2) is 8.78 Å². The molecule has 0 aliphatic heterocycles. The highest BCUT2D eigenvalue weighted by molar-refractivity contribution is 5.94. The number of carbonyl (C=O) groups is 2. The van der Waals surface area contributed by atoms with Crippen LogP contribution in [0.3, 0.4) is 0 Å². The third-order valence-electron chi connectivity index (χ3n) is 3.70. The number of halogens is 2. The molecule has 0 atom stereocenters. The molecule has 2 N–H and O–H groups in total. The van der Waals surface area contributed by atoms with Gasteiger partial charge in [-0.2, -0.15) is 4.80 Å². The standard InChI is InChI=1S/C18H16F2N6O2/c1-11-2-4-12(5-3-11)18-23-25-26(24-18)10-17(28)21-9-16(27)22-13-6-7-14(19)15(20)8-13/h2-8H,9-10H2,1H3,(H,21,28)(H,22,27). The summed E-state index contributed by atoms with van der Waals surface area (Å²) in [6, 6.07) is 10.5. The van der Waals surface area contributed by atoms with E-state index in [-0.39, 0.29) is 18.8 Å². The molecule has 0 bridgehead atoms. The van der Waals surface area contributed by atoms with Crippen LogP contribution in [0.5, 0.6) is 0 Å². The fourth-order valence-corrected chi connectivity index (χ4v) is 2.27. The molecule has 10 heteroatoms. The molecule has 1 heterocycles. The molecule has 3 rings (SSSR count). The molecule has 2 amide bonds. The van der Waals surface area contributed by atoms with E-state index in [1.54, 1.807) is 0 Å². The lowest BCUT2D eigenvalue weighted by Crippen LogP contribution is -2.35. The molecule has 0 aliphatic carbocycles. The number of amides is 2. The Morgan fingerprint density at radius 2 is 1.79 bits per heavy atom. The third-order valence-corrected chi connectivity index (χ3v) is 3.70. The molecule has 0 fully saturated rings. The molecule has 0 unspecified atom stereocenters. The van der Waals surface area contributed by atoms with Crippen molar-refractivity contribution in [2.45, 2.75) is 13.5 Å². The minimum Gasteiger partial charge on any atom is -0.345 e. The van der Waals surface area contributed by atoms with Crippen LogP contribution in [0, 0.1) is 18.6 Å². The van der Waals surface area contributed by atoms with Gasteiger partial charge in [-0.3, -0.25) is 9.59 Å². The number of aromatic nitrogens is 4. The normalized spacial score (nSPS) is 10.5. The van der Waals surface area contributed by atoms with Crippen molar-refractivity contribution in [2.24, 2.45) is 0 Å². The fraction of sp³-hybridized carbons (Fsp3) is 0.167. The summed E-state index contributed by atoms with van der Waals surface area (Å²) in [6.07, 6.45) is 0. The van der Waals surface area contributed by atoms with Crippen molar-refractivity contribution in [3.05, 3.63) is 59.7 Å². The van der Waals surface area contributed by atoms with Crippen molar-refractivity contribution >= 4 is 17.5 Å². The maximum absolute atomic E-state index is 13.1. The summed E-state index contributed by atoms with van der Waals surface area (Å²) in [5, 5.41) is 16.6. The largest absolute Gasteiger partial charge is 0.345 e. The van der Waals surface area contributed by atoms with Crippen molar-refractivity contribution in [1.82, 2.24) is 25.5 Å². The minimum absolute atomic E-state index is 0.0823. The van der Waals surface area contributed by atoms with Crippen LogP contribution >= 0.6 is 0 Å². The van der Waals surface area contributed by atoms with Crippen LogP contribution in [0.25, 0.3) is 11.4 Å². The first kappa shape index (κ1) is 19.1. The molecule has 8 nitrogen and oxygen atoms in total. The van der Waals surface area contributed by atoms with Gasteiger partial charge in [0.1, 0.15) is 6.54 Å². The molecule has 2 aromatic carbocycles. The van der Waals surface area contributed by atoms with Crippen molar-refractivity contribution in [3.8, 4) is 11.4 Å². The van der Waals surface area contributed by atoms with E-state index in [4.69, 9.17) is 0 Å². The number of hydrogen-bond acceptors (Lipinski definition) is 5. The Labute approximate surface area is 158 Å². The average Bonchev–Trinajstić information content (AvgIpc) is 3.12. The van der Waals surface area contributed by atoms with Gasteiger partial charge in [0.15, 0.2) is 11.6 Å². The van der Waals surface area contributed by atoms with E-state index in [9.17, 15) is 18.4 Å². The zero-order valence-corrected chi connectivity index (χ0v) is 14.8. The van der Waals surface area contributed by atoms with Gasteiger partial charge in [0.25, 0.3) is 0 Å². The van der Waals surface area contributed by atoms with Gasteiger partial charge in [0.05, 0.1) is 6.54 Å². The van der Waals surface area contributed by atoms with E-state index < -0.39 is 23.4 Å². The van der Waals surface area contributed by atoms with Gasteiger partial charge in [-0.15, -0.1) is 10.2 Å². The molecule has 0 saturated heterocycles. The molecule has 0 aliphatic rings. The first-order chi connectivity index (χ1) is 13.4. The topological polar surface area (TPSA) is 102 Å². The maximum atomic E-state index is 13.1. The second kappa shape index (κ2) is 8.33. The van der Waals surface area contributed by atoms with Crippen LogP contribution in [0.1, 0.15) is 5.56 Å². The zero-order valence-electron chi connectivity index (χ0n) is 14.8. The van der Waals surface area contributed by atoms with E-state index in [1.807, 2.05) is 31.2 Å². The number of benzene rings is 2. The number of carbonyl (C=O) groups excluding carboxylic acids is 2. The van der Waals surface area contributed by atoms with Crippen LogP contribution in [-0.4, -0.2) is 38.6 Å². The molecule has 1 aromatic heterocycles. The third kappa shape index (κ3) is 4.93. The molecule has 144 valence electrons. The number of nitrogens with zero attached hydrogens (tertiary/aromatic N) is 4. The lowest BCUT2D eigenvalue weighted by molar-refractivity contribution is -0.124. The monoisotopic (exact) mass is 386 g/mol. The molecular weight excluding hydrogens is 370 g/mol. The summed E-state index contributed by atoms with van der Waals surface area (Å²) in [6.45, 7) is 1.38. The Kier molecular flexibility index (Phi) is 5.68. The number of nitrogens with one attached hydrogen (secondary N) is 2. The Morgan fingerprint density at radius 3 is 2.50 bits per heavy atom. The molecule has 0 radical (unpaired) electrons. The van der Waals surface area contributed by atoms with Crippen molar-refractivity contribution in [3.63, 3.8) is 0 Å². The predicted octanol–water partition coefficient (Wildman–Crippen LogP) is 1.68. The van der Waals surface area contributed by atoms with Crippen LogP contribution in [0.4, 0.5) is 14.5 Å². The van der Waals surface area contributed by atoms with Crippen molar-refractivity contribution in [2.75, 3.05) is 11.9 Å². The van der Waals surface area contributed by atoms with Crippen molar-refractivity contribution in [1.29, 1.82) is 0 Å². The van der Waals surface area contributed by atoms with E-state index in [0.717, 1.165) is 28.1 Å². The lowest BCUT2D eigenvalue weighted by atomic mass is 10.1. The highest BCUT2D eigenvalue weighted by atomic mass is 19.2. The van der Waals surface area contributed by atoms with Crippen LogP contribution in [-0.2, 0) is 16.1 Å². The minimum atomic E-state index is -1.08. The predicted molar refractivity (Wildman–Crippen MR) is 96.0 cm³/mol. The van der Waals surface area contributed by atoms with E-state index in [0.29, 0.717) is 5.82 Å². The summed E-state index contributed by atoms with van der Waals surface area (Å²) >= 11 is 0. The van der Waals surface area contributed by atoms with Crippen molar-refractivity contribution < 1.29 is 18.4 Å². The zero-order chi connectivity index (χ0) is 20.1. The second-order valence-corrected chi connectivity index (χ2v) is 5.96. The summed E-state index contributed by atoms with van der Waals surface area (Å²) in [5.41, 5.74) is 1.94. The summed E-state index contributed by atoms with van der Waals surface area (Å²) in [5.74, 6) is -2.82. The highest BCUT2D eigenvalue weighted by Crippen LogP contribution is 2.14. The fourth-order valence-electron chi connectivity index (χ4n) is 2.27. The Balaban J connectivity index is 1.49. The summed E-state index contributed by atoms with van der Waals surface area (Å²) in [4.78, 5) is 24.8. The molecule has 28 heavy (non-hydrogen) atoms. The van der Waals surface area contributed by atoms with Gasteiger partial charge >= 0.3 is 0 Å². The van der Waals surface area contributed by atoms with E-state index in [2.05, 4.69) is 26.0 Å². The molecule has 3 aromatic rings. The first-order valence-electron chi connectivity index (χ1n) is 8.27. The second-order valence-electron chi connectivity index (χ2n) is 5.96. The first-order valence-corrected chi connectivity index (χ1v) is 8.27. The highest BCUT2D eigenvalue weighted by Gasteiger charge is 2.11. The van der Waals surface area contributed by atoms with Crippen LogP contribution < -0.4 is 10.6 Å². The quantitative estimate of drug-likeness (QED) is 0.671. The van der Waals surface area contributed by atoms with E-state index in [1.165, 1.54) is 6.07 Å². The van der Waals surface area contributed by atoms with E-state index >= 15 is 0 Å². The van der Waals surface area contributed by atoms with Gasteiger partial charge in [-0.1, -0.05) is 29.8 Å². The van der Waals surface area contributed by atoms with Gasteiger partial charge < -0.3 is 10.6 Å². The van der Waals surface area contributed by atoms with Crippen LogP contribution in [0.15, 0.2) is 42.5 Å². The molecular formula is C18H16F2N6O2. The van der Waals surface area contributed by atoms with Gasteiger partial charge in [0.2, 0.25) is 17.6 Å². The number of hydrogen-bond donors (Lipinski definition) is 2. The Morgan fingerprint density at radius 1 is 1.04 bits per heavy atom. The molecule has 0 spiro atoms. The van der Waals surface area contributed by atoms with Crippen LogP contribution in [0.2, 0.25) is 0 Å². The Bertz CT molecular complexity index is 1000. The number of anilines is 1. The average molecular weight is 386 g/mol. The maximum Gasteiger partial charge on any atom is 0.244 e. The SMILES string of the molecule is Cc1ccc(-c2nnn(CC(=O)NCC(=O)Nc3ccc(F)c(F)c3)n2)cc1. The molecule has 0 saturated carbocycles. The summed E-state index contributed by atoms with van der Waals surface area (Å²) in [7, 11) is 0. The number of rotatable bonds is 6. The number of aryl methyl sites for hydroxylation is 1. The Hall–Kier alpha value is -3.69. The lowest BCUT2D eigenvalue weighted by Gasteiger charge is -2.07. The number of tetrazole rings is 1.